The molecule has 4 nitrogen and oxygen atoms in total. The van der Waals surface area contributed by atoms with Crippen molar-refractivity contribution in [3.8, 4) is 0 Å². The fourth-order valence-electron chi connectivity index (χ4n) is 2.24. The molecule has 1 heterocycles. The average Bonchev–Trinajstić information content (AvgIpc) is 2.41. The number of carbonyl (C=O) groups is 1. The number of likely N-dealkylation sites (N-methyl/N-ethyl adjacent to an activating group) is 1. The zero-order valence-corrected chi connectivity index (χ0v) is 12.3. The molecule has 106 valence electrons. The molecule has 0 bridgehead atoms. The minimum Gasteiger partial charge on any atom is -0.323 e. The van der Waals surface area contributed by atoms with Gasteiger partial charge in [-0.05, 0) is 38.9 Å². The van der Waals surface area contributed by atoms with Crippen molar-refractivity contribution in [2.24, 2.45) is 0 Å². The summed E-state index contributed by atoms with van der Waals surface area (Å²) in [6.45, 7) is 3.66. The normalized spacial score (nSPS) is 18.6. The van der Waals surface area contributed by atoms with E-state index in [9.17, 15) is 4.79 Å². The minimum absolute atomic E-state index is 0. The van der Waals surface area contributed by atoms with Gasteiger partial charge >= 0.3 is 6.03 Å². The first-order valence-electron chi connectivity index (χ1n) is 6.49. The zero-order chi connectivity index (χ0) is 13.0. The fraction of sp³-hybridized carbons (Fsp3) is 0.500. The van der Waals surface area contributed by atoms with E-state index >= 15 is 0 Å². The lowest BCUT2D eigenvalue weighted by Gasteiger charge is -2.32. The van der Waals surface area contributed by atoms with Crippen LogP contribution in [0.5, 0.6) is 0 Å². The Hall–Kier alpha value is -1.26. The lowest BCUT2D eigenvalue weighted by molar-refractivity contribution is 0.187. The molecule has 19 heavy (non-hydrogen) atoms. The van der Waals surface area contributed by atoms with Crippen LogP contribution in [0.1, 0.15) is 18.4 Å². The van der Waals surface area contributed by atoms with Gasteiger partial charge in [0.25, 0.3) is 0 Å². The Kier molecular flexibility index (Phi) is 6.12. The van der Waals surface area contributed by atoms with E-state index in [1.807, 2.05) is 43.1 Å². The molecule has 1 aliphatic rings. The van der Waals surface area contributed by atoms with Crippen molar-refractivity contribution >= 4 is 24.1 Å². The molecule has 0 saturated carbocycles. The Morgan fingerprint density at radius 3 is 2.63 bits per heavy atom. The van der Waals surface area contributed by atoms with E-state index in [0.717, 1.165) is 31.6 Å². The number of piperidine rings is 1. The Bertz CT molecular complexity index is 408. The molecule has 5 heteroatoms. The summed E-state index contributed by atoms with van der Waals surface area (Å²) in [5.74, 6) is 0. The van der Waals surface area contributed by atoms with E-state index in [-0.39, 0.29) is 18.4 Å². The van der Waals surface area contributed by atoms with Gasteiger partial charge in [-0.25, -0.2) is 4.79 Å². The lowest BCUT2D eigenvalue weighted by Crippen LogP contribution is -2.48. The van der Waals surface area contributed by atoms with Crippen molar-refractivity contribution in [2.75, 3.05) is 25.5 Å². The van der Waals surface area contributed by atoms with Crippen LogP contribution in [0.4, 0.5) is 10.5 Å². The van der Waals surface area contributed by atoms with Crippen LogP contribution in [0, 0.1) is 6.92 Å². The monoisotopic (exact) mass is 283 g/mol. The van der Waals surface area contributed by atoms with Gasteiger partial charge in [0.2, 0.25) is 0 Å². The number of nitrogens with one attached hydrogen (secondary N) is 2. The van der Waals surface area contributed by atoms with Gasteiger partial charge in [0, 0.05) is 24.8 Å². The molecule has 1 saturated heterocycles. The van der Waals surface area contributed by atoms with Gasteiger partial charge in [-0.2, -0.15) is 0 Å². The SMILES string of the molecule is CN[C@H]1CCCN(C(=O)Nc2ccc(C)cc2)C1.Cl. The number of carbonyl (C=O) groups excluding carboxylic acids is 1. The highest BCUT2D eigenvalue weighted by Crippen LogP contribution is 2.13. The Labute approximate surface area is 121 Å². The predicted molar refractivity (Wildman–Crippen MR) is 81.1 cm³/mol. The maximum Gasteiger partial charge on any atom is 0.321 e. The molecule has 0 radical (unpaired) electrons. The van der Waals surface area contributed by atoms with Crippen LogP contribution in [0.2, 0.25) is 0 Å². The molecule has 2 N–H and O–H groups in total. The number of likely N-dealkylation sites (tertiary alicyclic amines) is 1. The number of aryl methyl sites for hydroxylation is 1. The number of nitrogens with zero attached hydrogens (tertiary/aromatic N) is 1. The summed E-state index contributed by atoms with van der Waals surface area (Å²) >= 11 is 0. The standard InChI is InChI=1S/C14H21N3O.ClH/c1-11-5-7-12(8-6-11)16-14(18)17-9-3-4-13(10-17)15-2;/h5-8,13,15H,3-4,9-10H2,1-2H3,(H,16,18);1H/t13-;/m0./s1. The number of hydrogen-bond donors (Lipinski definition) is 2. The first-order chi connectivity index (χ1) is 8.69. The maximum absolute atomic E-state index is 12.1. The summed E-state index contributed by atoms with van der Waals surface area (Å²) in [6.07, 6.45) is 2.21. The van der Waals surface area contributed by atoms with Crippen LogP contribution in [0.25, 0.3) is 0 Å². The van der Waals surface area contributed by atoms with Gasteiger partial charge in [0.1, 0.15) is 0 Å². The van der Waals surface area contributed by atoms with Crippen molar-refractivity contribution in [3.63, 3.8) is 0 Å². The largest absolute Gasteiger partial charge is 0.323 e. The number of halogens is 1. The van der Waals surface area contributed by atoms with Crippen LogP contribution in [-0.4, -0.2) is 37.1 Å². The summed E-state index contributed by atoms with van der Waals surface area (Å²) in [4.78, 5) is 14.0. The summed E-state index contributed by atoms with van der Waals surface area (Å²) < 4.78 is 0. The van der Waals surface area contributed by atoms with Crippen molar-refractivity contribution < 1.29 is 4.79 Å². The summed E-state index contributed by atoms with van der Waals surface area (Å²) in [7, 11) is 1.95. The molecule has 2 rings (SSSR count). The van der Waals surface area contributed by atoms with Crippen molar-refractivity contribution in [2.45, 2.75) is 25.8 Å². The van der Waals surface area contributed by atoms with Crippen LogP contribution < -0.4 is 10.6 Å². The van der Waals surface area contributed by atoms with E-state index in [2.05, 4.69) is 10.6 Å². The molecule has 1 aromatic rings. The molecule has 1 aromatic carbocycles. The number of hydrogen-bond acceptors (Lipinski definition) is 2. The molecule has 1 atom stereocenters. The minimum atomic E-state index is -0.00111. The third kappa shape index (κ3) is 4.40. The smallest absolute Gasteiger partial charge is 0.321 e. The summed E-state index contributed by atoms with van der Waals surface area (Å²) in [6, 6.07) is 8.30. The van der Waals surface area contributed by atoms with Gasteiger partial charge in [-0.3, -0.25) is 0 Å². The first-order valence-corrected chi connectivity index (χ1v) is 6.49. The highest BCUT2D eigenvalue weighted by Gasteiger charge is 2.22. The highest BCUT2D eigenvalue weighted by atomic mass is 35.5. The van der Waals surface area contributed by atoms with E-state index in [1.165, 1.54) is 5.56 Å². The Balaban J connectivity index is 0.00000180. The van der Waals surface area contributed by atoms with Gasteiger partial charge in [0.05, 0.1) is 0 Å². The number of anilines is 1. The quantitative estimate of drug-likeness (QED) is 0.876. The van der Waals surface area contributed by atoms with Crippen LogP contribution >= 0.6 is 12.4 Å². The second-order valence-corrected chi connectivity index (χ2v) is 4.87. The van der Waals surface area contributed by atoms with Gasteiger partial charge in [0.15, 0.2) is 0 Å². The molecule has 1 fully saturated rings. The van der Waals surface area contributed by atoms with Crippen molar-refractivity contribution in [1.29, 1.82) is 0 Å². The molecule has 0 spiro atoms. The number of rotatable bonds is 2. The van der Waals surface area contributed by atoms with Gasteiger partial charge in [-0.15, -0.1) is 12.4 Å². The fourth-order valence-corrected chi connectivity index (χ4v) is 2.24. The van der Waals surface area contributed by atoms with Crippen LogP contribution in [0.15, 0.2) is 24.3 Å². The number of urea groups is 1. The topological polar surface area (TPSA) is 44.4 Å². The lowest BCUT2D eigenvalue weighted by atomic mass is 10.1. The second-order valence-electron chi connectivity index (χ2n) is 4.87. The van der Waals surface area contributed by atoms with E-state index in [1.54, 1.807) is 0 Å². The molecule has 0 unspecified atom stereocenters. The maximum atomic E-state index is 12.1. The number of benzene rings is 1. The Morgan fingerprint density at radius 1 is 1.32 bits per heavy atom. The van der Waals surface area contributed by atoms with Gasteiger partial charge in [-0.1, -0.05) is 17.7 Å². The molecule has 1 aliphatic heterocycles. The molecule has 0 aromatic heterocycles. The zero-order valence-electron chi connectivity index (χ0n) is 11.5. The third-order valence-electron chi connectivity index (χ3n) is 3.42. The van der Waals surface area contributed by atoms with E-state index in [0.29, 0.717) is 6.04 Å². The first kappa shape index (κ1) is 15.8. The Morgan fingerprint density at radius 2 is 2.00 bits per heavy atom. The van der Waals surface area contributed by atoms with Crippen molar-refractivity contribution in [1.82, 2.24) is 10.2 Å². The molecule has 0 aliphatic carbocycles. The van der Waals surface area contributed by atoms with Crippen molar-refractivity contribution in [3.05, 3.63) is 29.8 Å². The van der Waals surface area contributed by atoms with E-state index in [4.69, 9.17) is 0 Å². The molecular weight excluding hydrogens is 262 g/mol. The number of amides is 2. The molecule has 2 amide bonds. The predicted octanol–water partition coefficient (Wildman–Crippen LogP) is 2.63. The van der Waals surface area contributed by atoms with Gasteiger partial charge < -0.3 is 15.5 Å². The highest BCUT2D eigenvalue weighted by molar-refractivity contribution is 5.89. The average molecular weight is 284 g/mol. The second kappa shape index (κ2) is 7.36. The van der Waals surface area contributed by atoms with Crippen LogP contribution in [-0.2, 0) is 0 Å². The molecular formula is C14H22ClN3O. The summed E-state index contributed by atoms with van der Waals surface area (Å²) in [5, 5.41) is 6.18. The summed E-state index contributed by atoms with van der Waals surface area (Å²) in [5.41, 5.74) is 2.05. The third-order valence-corrected chi connectivity index (χ3v) is 3.42. The van der Waals surface area contributed by atoms with Crippen LogP contribution in [0.3, 0.4) is 0 Å². The van der Waals surface area contributed by atoms with E-state index < -0.39 is 0 Å².